The van der Waals surface area contributed by atoms with Gasteiger partial charge in [0.1, 0.15) is 4.83 Å². The summed E-state index contributed by atoms with van der Waals surface area (Å²) in [6.07, 6.45) is 13.3. The second-order valence-corrected chi connectivity index (χ2v) is 11.3. The molecule has 0 spiro atoms. The summed E-state index contributed by atoms with van der Waals surface area (Å²) in [4.78, 5) is 20.5. The van der Waals surface area contributed by atoms with Crippen molar-refractivity contribution in [3.8, 4) is 0 Å². The summed E-state index contributed by atoms with van der Waals surface area (Å²) in [5.74, 6) is 0.926. The van der Waals surface area contributed by atoms with Gasteiger partial charge in [0.2, 0.25) is 0 Å². The maximum Gasteiger partial charge on any atom is 0.262 e. The normalized spacial score (nSPS) is 19.0. The molecule has 0 bridgehead atoms. The van der Waals surface area contributed by atoms with Crippen molar-refractivity contribution in [2.75, 3.05) is 6.54 Å². The van der Waals surface area contributed by atoms with E-state index >= 15 is 0 Å². The highest BCUT2D eigenvalue weighted by Gasteiger charge is 2.25. The minimum atomic E-state index is 0.111. The third kappa shape index (κ3) is 4.44. The molecule has 0 saturated heterocycles. The smallest absolute Gasteiger partial charge is 0.262 e. The first-order valence-corrected chi connectivity index (χ1v) is 13.8. The molecule has 0 aliphatic heterocycles. The summed E-state index contributed by atoms with van der Waals surface area (Å²) in [5, 5.41) is 7.12. The van der Waals surface area contributed by atoms with Gasteiger partial charge >= 0.3 is 0 Å². The summed E-state index contributed by atoms with van der Waals surface area (Å²) < 4.78 is 1.79. The van der Waals surface area contributed by atoms with Gasteiger partial charge in [-0.2, -0.15) is 0 Å². The van der Waals surface area contributed by atoms with E-state index in [0.29, 0.717) is 12.6 Å². The highest BCUT2D eigenvalue weighted by molar-refractivity contribution is 7.18. The van der Waals surface area contributed by atoms with Crippen molar-refractivity contribution in [3.05, 3.63) is 75.1 Å². The molecule has 6 rings (SSSR count). The Hall–Kier alpha value is -2.50. The summed E-state index contributed by atoms with van der Waals surface area (Å²) in [6, 6.07) is 15.3. The second-order valence-electron chi connectivity index (χ2n) is 10.2. The van der Waals surface area contributed by atoms with Crippen LogP contribution in [-0.4, -0.2) is 22.1 Å². The first kappa shape index (κ1) is 22.0. The lowest BCUT2D eigenvalue weighted by molar-refractivity contribution is 0.324. The molecule has 0 radical (unpaired) electrons. The van der Waals surface area contributed by atoms with Crippen LogP contribution in [0, 0.1) is 5.92 Å². The number of rotatable bonds is 6. The number of aryl methyl sites for hydroxylation is 1. The van der Waals surface area contributed by atoms with Gasteiger partial charge in [-0.3, -0.25) is 9.36 Å². The van der Waals surface area contributed by atoms with E-state index in [4.69, 9.17) is 4.98 Å². The van der Waals surface area contributed by atoms with E-state index in [1.54, 1.807) is 22.2 Å². The summed E-state index contributed by atoms with van der Waals surface area (Å²) in [6.45, 7) is 1.69. The molecule has 2 aliphatic rings. The lowest BCUT2D eigenvalue weighted by Crippen LogP contribution is -2.35. The van der Waals surface area contributed by atoms with E-state index in [-0.39, 0.29) is 5.56 Å². The first-order chi connectivity index (χ1) is 16.7. The van der Waals surface area contributed by atoms with Gasteiger partial charge in [0.05, 0.1) is 18.3 Å². The topological polar surface area (TPSA) is 46.9 Å². The van der Waals surface area contributed by atoms with Gasteiger partial charge in [-0.15, -0.1) is 11.3 Å². The number of fused-ring (bicyclic) bond motifs is 4. The fraction of sp³-hybridized carbons (Fsp3) is 0.448. The number of nitrogens with one attached hydrogen (secondary N) is 1. The molecule has 5 heteroatoms. The first-order valence-electron chi connectivity index (χ1n) is 13.0. The van der Waals surface area contributed by atoms with Gasteiger partial charge < -0.3 is 5.32 Å². The largest absolute Gasteiger partial charge is 0.314 e. The van der Waals surface area contributed by atoms with Crippen molar-refractivity contribution in [2.24, 2.45) is 5.92 Å². The molecular formula is C29H33N3OS. The Morgan fingerprint density at radius 3 is 2.76 bits per heavy atom. The number of benzene rings is 2. The molecule has 34 heavy (non-hydrogen) atoms. The van der Waals surface area contributed by atoms with Crippen LogP contribution in [0.4, 0.5) is 0 Å². The second kappa shape index (κ2) is 9.63. The molecule has 1 N–H and O–H groups in total. The van der Waals surface area contributed by atoms with Crippen molar-refractivity contribution in [2.45, 2.75) is 70.4 Å². The van der Waals surface area contributed by atoms with Crippen LogP contribution in [0.15, 0.2) is 53.6 Å². The molecule has 2 heterocycles. The van der Waals surface area contributed by atoms with Crippen LogP contribution in [0.2, 0.25) is 0 Å². The van der Waals surface area contributed by atoms with Crippen molar-refractivity contribution in [1.82, 2.24) is 14.9 Å². The van der Waals surface area contributed by atoms with Crippen LogP contribution < -0.4 is 10.9 Å². The van der Waals surface area contributed by atoms with E-state index in [0.717, 1.165) is 47.5 Å². The van der Waals surface area contributed by atoms with Gasteiger partial charge in [-0.1, -0.05) is 68.5 Å². The number of nitrogens with zero attached hydrogens (tertiary/aromatic N) is 2. The lowest BCUT2D eigenvalue weighted by atomic mass is 9.87. The third-order valence-electron chi connectivity index (χ3n) is 7.91. The molecule has 2 aromatic carbocycles. The van der Waals surface area contributed by atoms with Gasteiger partial charge in [0.15, 0.2) is 0 Å². The fourth-order valence-electron chi connectivity index (χ4n) is 5.99. The molecule has 4 aromatic rings. The van der Waals surface area contributed by atoms with Crippen molar-refractivity contribution in [3.63, 3.8) is 0 Å². The highest BCUT2D eigenvalue weighted by atomic mass is 32.1. The molecule has 1 unspecified atom stereocenters. The molecule has 2 aromatic heterocycles. The van der Waals surface area contributed by atoms with Gasteiger partial charge in [-0.25, -0.2) is 4.98 Å². The van der Waals surface area contributed by atoms with E-state index in [1.165, 1.54) is 59.7 Å². The maximum atomic E-state index is 13.5. The molecule has 1 saturated carbocycles. The Morgan fingerprint density at radius 2 is 1.88 bits per heavy atom. The number of aromatic nitrogens is 2. The Kier molecular flexibility index (Phi) is 6.23. The summed E-state index contributed by atoms with van der Waals surface area (Å²) in [5.41, 5.74) is 2.50. The van der Waals surface area contributed by atoms with E-state index < -0.39 is 0 Å². The lowest BCUT2D eigenvalue weighted by Gasteiger charge is -2.26. The van der Waals surface area contributed by atoms with Crippen molar-refractivity contribution in [1.29, 1.82) is 0 Å². The predicted molar refractivity (Wildman–Crippen MR) is 142 cm³/mol. The minimum Gasteiger partial charge on any atom is -0.314 e. The van der Waals surface area contributed by atoms with E-state index in [1.807, 2.05) is 0 Å². The molecule has 176 valence electrons. The van der Waals surface area contributed by atoms with Crippen LogP contribution in [0.3, 0.4) is 0 Å². The number of hydrogen-bond acceptors (Lipinski definition) is 4. The number of thiophene rings is 1. The molecule has 1 atom stereocenters. The van der Waals surface area contributed by atoms with Crippen LogP contribution >= 0.6 is 11.3 Å². The highest BCUT2D eigenvalue weighted by Crippen LogP contribution is 2.34. The Bertz CT molecular complexity index is 1370. The molecule has 0 amide bonds. The Balaban J connectivity index is 1.18. The molecule has 4 nitrogen and oxygen atoms in total. The summed E-state index contributed by atoms with van der Waals surface area (Å²) >= 11 is 1.73. The van der Waals surface area contributed by atoms with Gasteiger partial charge in [-0.05, 0) is 66.1 Å². The minimum absolute atomic E-state index is 0.111. The van der Waals surface area contributed by atoms with Gasteiger partial charge in [0, 0.05) is 10.9 Å². The fourth-order valence-corrected chi connectivity index (χ4v) is 7.25. The predicted octanol–water partition coefficient (Wildman–Crippen LogP) is 6.08. The van der Waals surface area contributed by atoms with Gasteiger partial charge in [0.25, 0.3) is 5.56 Å². The molecule has 1 fully saturated rings. The zero-order valence-corrected chi connectivity index (χ0v) is 20.6. The maximum absolute atomic E-state index is 13.5. The SMILES string of the molecule is O=c1c2c3c(sc2ncn1Cc1ccc2ccccc2c1)CC(NCCC1CCCCC1)CC3. The zero-order valence-electron chi connectivity index (χ0n) is 19.8. The molecular weight excluding hydrogens is 438 g/mol. The van der Waals surface area contributed by atoms with E-state index in [9.17, 15) is 4.79 Å². The third-order valence-corrected chi connectivity index (χ3v) is 9.08. The van der Waals surface area contributed by atoms with Crippen LogP contribution in [0.25, 0.3) is 21.0 Å². The standard InChI is InChI=1S/C29H33N3OS/c33-29-27-25-13-12-24(30-15-14-20-6-2-1-3-7-20)17-26(25)34-28(27)31-19-32(29)18-21-10-11-22-8-4-5-9-23(22)16-21/h4-5,8-11,16,19-20,24,30H,1-3,6-7,12-15,17-18H2. The van der Waals surface area contributed by atoms with Crippen LogP contribution in [-0.2, 0) is 19.4 Å². The van der Waals surface area contributed by atoms with Crippen LogP contribution in [0.5, 0.6) is 0 Å². The Morgan fingerprint density at radius 1 is 1.03 bits per heavy atom. The average molecular weight is 472 g/mol. The molecule has 2 aliphatic carbocycles. The Labute approximate surface area is 205 Å². The zero-order chi connectivity index (χ0) is 22.9. The van der Waals surface area contributed by atoms with Crippen LogP contribution in [0.1, 0.15) is 60.9 Å². The number of hydrogen-bond donors (Lipinski definition) is 1. The summed E-state index contributed by atoms with van der Waals surface area (Å²) in [7, 11) is 0. The monoisotopic (exact) mass is 471 g/mol. The van der Waals surface area contributed by atoms with E-state index in [2.05, 4.69) is 47.8 Å². The average Bonchev–Trinajstić information content (AvgIpc) is 3.25. The van der Waals surface area contributed by atoms with Crippen molar-refractivity contribution < 1.29 is 0 Å². The van der Waals surface area contributed by atoms with Crippen molar-refractivity contribution >= 4 is 32.3 Å². The quantitative estimate of drug-likeness (QED) is 0.371.